The van der Waals surface area contributed by atoms with Crippen LogP contribution in [0.4, 0.5) is 5.69 Å². The van der Waals surface area contributed by atoms with E-state index in [-0.39, 0.29) is 17.5 Å². The van der Waals surface area contributed by atoms with E-state index in [1.807, 2.05) is 13.8 Å². The number of aryl methyl sites for hydroxylation is 1. The van der Waals surface area contributed by atoms with Gasteiger partial charge in [-0.2, -0.15) is 4.31 Å². The van der Waals surface area contributed by atoms with E-state index in [0.717, 1.165) is 5.56 Å². The maximum Gasteiger partial charge on any atom is 0.246 e. The molecular formula is C14H24N2O4S. The Morgan fingerprint density at radius 1 is 1.33 bits per heavy atom. The molecule has 2 N–H and O–H groups in total. The number of anilines is 1. The van der Waals surface area contributed by atoms with Gasteiger partial charge in [0.05, 0.1) is 19.8 Å². The van der Waals surface area contributed by atoms with E-state index in [4.69, 9.17) is 15.2 Å². The molecule has 1 aromatic rings. The zero-order valence-corrected chi connectivity index (χ0v) is 14.0. The second-order valence-corrected chi connectivity index (χ2v) is 7.12. The minimum absolute atomic E-state index is 0.0608. The van der Waals surface area contributed by atoms with Crippen molar-refractivity contribution in [2.45, 2.75) is 31.8 Å². The summed E-state index contributed by atoms with van der Waals surface area (Å²) in [7, 11) is -0.726. The highest BCUT2D eigenvalue weighted by Crippen LogP contribution is 2.30. The fraction of sp³-hybridized carbons (Fsp3) is 0.571. The van der Waals surface area contributed by atoms with Crippen molar-refractivity contribution >= 4 is 15.7 Å². The molecule has 1 aromatic carbocycles. The number of hydrogen-bond acceptors (Lipinski definition) is 5. The predicted molar refractivity (Wildman–Crippen MR) is 83.0 cm³/mol. The molecule has 7 heteroatoms. The average molecular weight is 316 g/mol. The Balaban J connectivity index is 3.04. The van der Waals surface area contributed by atoms with Crippen LogP contribution in [0.25, 0.3) is 0 Å². The molecule has 0 unspecified atom stereocenters. The van der Waals surface area contributed by atoms with Crippen LogP contribution in [-0.4, -0.2) is 46.1 Å². The molecule has 6 nitrogen and oxygen atoms in total. The lowest BCUT2D eigenvalue weighted by Gasteiger charge is -2.20. The first-order chi connectivity index (χ1) is 9.70. The molecule has 0 amide bonds. The number of nitrogens with two attached hydrogens (primary N) is 1. The van der Waals surface area contributed by atoms with Crippen LogP contribution in [0, 0.1) is 6.92 Å². The van der Waals surface area contributed by atoms with E-state index < -0.39 is 10.0 Å². The molecule has 0 bridgehead atoms. The van der Waals surface area contributed by atoms with E-state index >= 15 is 0 Å². The quantitative estimate of drug-likeness (QED) is 0.773. The number of ether oxygens (including phenoxy) is 2. The van der Waals surface area contributed by atoms with E-state index in [0.29, 0.717) is 18.0 Å². The Morgan fingerprint density at radius 2 is 1.95 bits per heavy atom. The molecule has 0 fully saturated rings. The summed E-state index contributed by atoms with van der Waals surface area (Å²) in [5.41, 5.74) is 7.01. The van der Waals surface area contributed by atoms with Crippen molar-refractivity contribution in [3.63, 3.8) is 0 Å². The maximum atomic E-state index is 12.6. The zero-order chi connectivity index (χ0) is 16.2. The Bertz CT molecular complexity index is 585. The third-order valence-electron chi connectivity index (χ3n) is 3.10. The molecule has 21 heavy (non-hydrogen) atoms. The van der Waals surface area contributed by atoms with Gasteiger partial charge in [0.15, 0.2) is 0 Å². The fourth-order valence-corrected chi connectivity index (χ4v) is 3.07. The van der Waals surface area contributed by atoms with Crippen LogP contribution in [0.2, 0.25) is 0 Å². The van der Waals surface area contributed by atoms with Crippen LogP contribution in [0.5, 0.6) is 5.75 Å². The second-order valence-electron chi connectivity index (χ2n) is 5.11. The predicted octanol–water partition coefficient (Wildman–Crippen LogP) is 1.63. The number of rotatable bonds is 7. The first kappa shape index (κ1) is 17.7. The van der Waals surface area contributed by atoms with Gasteiger partial charge < -0.3 is 15.2 Å². The second kappa shape index (κ2) is 7.11. The lowest BCUT2D eigenvalue weighted by molar-refractivity contribution is 0.0737. The molecule has 1 rings (SSSR count). The molecule has 0 radical (unpaired) electrons. The highest BCUT2D eigenvalue weighted by molar-refractivity contribution is 7.89. The first-order valence-electron chi connectivity index (χ1n) is 6.72. The van der Waals surface area contributed by atoms with Gasteiger partial charge >= 0.3 is 0 Å². The summed E-state index contributed by atoms with van der Waals surface area (Å²) < 4.78 is 37.0. The van der Waals surface area contributed by atoms with Crippen molar-refractivity contribution in [3.05, 3.63) is 17.7 Å². The third kappa shape index (κ3) is 4.33. The van der Waals surface area contributed by atoms with Crippen LogP contribution < -0.4 is 10.5 Å². The van der Waals surface area contributed by atoms with Gasteiger partial charge in [0.1, 0.15) is 10.6 Å². The third-order valence-corrected chi connectivity index (χ3v) is 4.98. The number of benzene rings is 1. The Morgan fingerprint density at radius 3 is 2.48 bits per heavy atom. The zero-order valence-electron chi connectivity index (χ0n) is 13.2. The van der Waals surface area contributed by atoms with E-state index in [2.05, 4.69) is 0 Å². The summed E-state index contributed by atoms with van der Waals surface area (Å²) in [5.74, 6) is 0.290. The van der Waals surface area contributed by atoms with Crippen molar-refractivity contribution in [3.8, 4) is 5.75 Å². The van der Waals surface area contributed by atoms with Crippen LogP contribution in [0.3, 0.4) is 0 Å². The first-order valence-corrected chi connectivity index (χ1v) is 8.16. The summed E-state index contributed by atoms with van der Waals surface area (Å²) in [4.78, 5) is 0.0696. The highest BCUT2D eigenvalue weighted by atomic mass is 32.2. The minimum Gasteiger partial charge on any atom is -0.495 e. The van der Waals surface area contributed by atoms with Gasteiger partial charge in [-0.1, -0.05) is 0 Å². The standard InChI is InChI=1S/C14H24N2O4S/c1-10(2)20-7-6-16(4)21(17,18)14-9-12(15)11(3)8-13(14)19-5/h8-10H,6-7,15H2,1-5H3. The van der Waals surface area contributed by atoms with Crippen LogP contribution >= 0.6 is 0 Å². The van der Waals surface area contributed by atoms with E-state index in [1.165, 1.54) is 24.5 Å². The summed E-state index contributed by atoms with van der Waals surface area (Å²) in [6, 6.07) is 3.06. The molecule has 120 valence electrons. The molecule has 0 spiro atoms. The van der Waals surface area contributed by atoms with Gasteiger partial charge in [0.2, 0.25) is 10.0 Å². The Kier molecular flexibility index (Phi) is 6.00. The van der Waals surface area contributed by atoms with Crippen molar-refractivity contribution in [2.24, 2.45) is 0 Å². The Hall–Kier alpha value is -1.31. The molecule has 0 aromatic heterocycles. The fourth-order valence-electron chi connectivity index (χ4n) is 1.74. The SMILES string of the molecule is COc1cc(C)c(N)cc1S(=O)(=O)N(C)CCOC(C)C. The number of sulfonamides is 1. The van der Waals surface area contributed by atoms with Gasteiger partial charge in [0.25, 0.3) is 0 Å². The van der Waals surface area contributed by atoms with Gasteiger partial charge in [-0.05, 0) is 38.5 Å². The van der Waals surface area contributed by atoms with Crippen molar-refractivity contribution in [1.29, 1.82) is 0 Å². The van der Waals surface area contributed by atoms with Crippen LogP contribution in [0.15, 0.2) is 17.0 Å². The van der Waals surface area contributed by atoms with Crippen LogP contribution in [0.1, 0.15) is 19.4 Å². The topological polar surface area (TPSA) is 81.9 Å². The van der Waals surface area contributed by atoms with Crippen molar-refractivity contribution in [2.75, 3.05) is 33.0 Å². The number of likely N-dealkylation sites (N-methyl/N-ethyl adjacent to an activating group) is 1. The van der Waals surface area contributed by atoms with Crippen LogP contribution in [-0.2, 0) is 14.8 Å². The van der Waals surface area contributed by atoms with E-state index in [9.17, 15) is 8.42 Å². The molecule has 0 heterocycles. The molecular weight excluding hydrogens is 292 g/mol. The monoisotopic (exact) mass is 316 g/mol. The summed E-state index contributed by atoms with van der Waals surface area (Å²) in [6.07, 6.45) is 0.0608. The molecule has 0 aliphatic rings. The number of nitrogen functional groups attached to an aromatic ring is 1. The smallest absolute Gasteiger partial charge is 0.246 e. The Labute approximate surface area is 126 Å². The number of methoxy groups -OCH3 is 1. The van der Waals surface area contributed by atoms with Gasteiger partial charge in [0, 0.05) is 19.3 Å². The molecule has 0 aliphatic heterocycles. The number of hydrogen-bond donors (Lipinski definition) is 1. The van der Waals surface area contributed by atoms with Gasteiger partial charge in [-0.15, -0.1) is 0 Å². The molecule has 0 saturated heterocycles. The lowest BCUT2D eigenvalue weighted by Crippen LogP contribution is -2.31. The summed E-state index contributed by atoms with van der Waals surface area (Å²) >= 11 is 0. The average Bonchev–Trinajstić information content (AvgIpc) is 2.40. The van der Waals surface area contributed by atoms with Crippen molar-refractivity contribution in [1.82, 2.24) is 4.31 Å². The molecule has 0 saturated carbocycles. The highest BCUT2D eigenvalue weighted by Gasteiger charge is 2.25. The van der Waals surface area contributed by atoms with Gasteiger partial charge in [-0.25, -0.2) is 8.42 Å². The lowest BCUT2D eigenvalue weighted by atomic mass is 10.2. The maximum absolute atomic E-state index is 12.6. The summed E-state index contributed by atoms with van der Waals surface area (Å²) in [5, 5.41) is 0. The molecule has 0 aliphatic carbocycles. The summed E-state index contributed by atoms with van der Waals surface area (Å²) in [6.45, 7) is 6.19. The minimum atomic E-state index is -3.67. The normalized spacial score (nSPS) is 12.1. The molecule has 0 atom stereocenters. The van der Waals surface area contributed by atoms with Crippen molar-refractivity contribution < 1.29 is 17.9 Å². The van der Waals surface area contributed by atoms with Gasteiger partial charge in [-0.3, -0.25) is 0 Å². The largest absolute Gasteiger partial charge is 0.495 e. The number of nitrogens with zero attached hydrogens (tertiary/aromatic N) is 1. The van der Waals surface area contributed by atoms with E-state index in [1.54, 1.807) is 13.0 Å².